The van der Waals surface area contributed by atoms with E-state index in [1.165, 1.54) is 11.1 Å². The van der Waals surface area contributed by atoms with Gasteiger partial charge in [-0.25, -0.2) is 4.57 Å². The van der Waals surface area contributed by atoms with Crippen LogP contribution in [0.2, 0.25) is 0 Å². The number of aliphatic hydroxyl groups excluding tert-OH is 1. The Morgan fingerprint density at radius 1 is 1.00 bits per heavy atom. The summed E-state index contributed by atoms with van der Waals surface area (Å²) in [5, 5.41) is 8.93. The van der Waals surface area contributed by atoms with E-state index >= 15 is 0 Å². The number of hydrogen-bond donors (Lipinski definition) is 1. The molecule has 112 valence electrons. The second-order valence-corrected chi connectivity index (χ2v) is 4.87. The summed E-state index contributed by atoms with van der Waals surface area (Å²) in [4.78, 5) is 2.03. The zero-order chi connectivity index (χ0) is 14.4. The van der Waals surface area contributed by atoms with Gasteiger partial charge in [-0.15, -0.1) is 0 Å². The van der Waals surface area contributed by atoms with E-state index in [1.54, 1.807) is 0 Å². The van der Waals surface area contributed by atoms with Crippen molar-refractivity contribution < 1.29 is 33.7 Å². The molecule has 0 fully saturated rings. The molecule has 0 saturated carbocycles. The summed E-state index contributed by atoms with van der Waals surface area (Å²) in [5.41, 5.74) is 3.46. The van der Waals surface area contributed by atoms with Crippen LogP contribution in [-0.4, -0.2) is 25.3 Å². The molecule has 0 spiro atoms. The van der Waals surface area contributed by atoms with E-state index in [-0.39, 0.29) is 30.6 Å². The number of anilines is 1. The number of hydrogen-bond acceptors (Lipinski definition) is 2. The van der Waals surface area contributed by atoms with E-state index in [2.05, 4.69) is 48.6 Å². The van der Waals surface area contributed by atoms with Gasteiger partial charge in [0.2, 0.25) is 0 Å². The van der Waals surface area contributed by atoms with Crippen LogP contribution >= 0.6 is 0 Å². The highest BCUT2D eigenvalue weighted by atomic mass is 127. The third-order valence-corrected chi connectivity index (χ3v) is 3.24. The van der Waals surface area contributed by atoms with Crippen LogP contribution in [0.5, 0.6) is 0 Å². The van der Waals surface area contributed by atoms with Crippen molar-refractivity contribution in [1.29, 1.82) is 0 Å². The Labute approximate surface area is 143 Å². The van der Waals surface area contributed by atoms with E-state index in [4.69, 9.17) is 5.11 Å². The first-order chi connectivity index (χ1) is 9.69. The lowest BCUT2D eigenvalue weighted by Gasteiger charge is -2.17. The van der Waals surface area contributed by atoms with Crippen LogP contribution in [0, 0.1) is 0 Å². The largest absolute Gasteiger partial charge is 1.00 e. The molecule has 4 heteroatoms. The van der Waals surface area contributed by atoms with E-state index < -0.39 is 0 Å². The van der Waals surface area contributed by atoms with Gasteiger partial charge in [0.1, 0.15) is 7.05 Å². The quantitative estimate of drug-likeness (QED) is 0.525. The van der Waals surface area contributed by atoms with Crippen molar-refractivity contribution in [2.75, 3.05) is 25.1 Å². The monoisotopic (exact) mass is 396 g/mol. The van der Waals surface area contributed by atoms with Gasteiger partial charge >= 0.3 is 0 Å². The van der Waals surface area contributed by atoms with Crippen molar-refractivity contribution in [3.05, 3.63) is 59.9 Å². The highest BCUT2D eigenvalue weighted by Gasteiger charge is 1.98. The summed E-state index contributed by atoms with van der Waals surface area (Å²) < 4.78 is 2.02. The fourth-order valence-corrected chi connectivity index (χ4v) is 1.94. The molecule has 1 aromatic heterocycles. The number of aromatic nitrogens is 1. The van der Waals surface area contributed by atoms with Gasteiger partial charge in [0, 0.05) is 31.4 Å². The van der Waals surface area contributed by atoms with Crippen LogP contribution in [0.15, 0.2) is 48.8 Å². The van der Waals surface area contributed by atoms with Crippen molar-refractivity contribution in [2.45, 2.75) is 0 Å². The molecule has 1 N–H and O–H groups in total. The Morgan fingerprint density at radius 3 is 2.05 bits per heavy atom. The highest BCUT2D eigenvalue weighted by molar-refractivity contribution is 5.70. The topological polar surface area (TPSA) is 27.3 Å². The fraction of sp³-hybridized carbons (Fsp3) is 0.235. The molecule has 3 nitrogen and oxygen atoms in total. The van der Waals surface area contributed by atoms with Crippen molar-refractivity contribution in [3.8, 4) is 0 Å². The number of pyridine rings is 1. The van der Waals surface area contributed by atoms with E-state index in [0.29, 0.717) is 6.54 Å². The van der Waals surface area contributed by atoms with Crippen molar-refractivity contribution >= 4 is 17.8 Å². The van der Waals surface area contributed by atoms with Gasteiger partial charge in [-0.1, -0.05) is 24.3 Å². The Morgan fingerprint density at radius 2 is 1.52 bits per heavy atom. The second kappa shape index (κ2) is 8.79. The Kier molecular flexibility index (Phi) is 7.39. The average molecular weight is 396 g/mol. The van der Waals surface area contributed by atoms with Gasteiger partial charge in [0.25, 0.3) is 0 Å². The molecule has 0 bridgehead atoms. The smallest absolute Gasteiger partial charge is 0.169 e. The van der Waals surface area contributed by atoms with Crippen LogP contribution in [0.3, 0.4) is 0 Å². The zero-order valence-electron chi connectivity index (χ0n) is 12.4. The minimum Gasteiger partial charge on any atom is -1.00 e. The van der Waals surface area contributed by atoms with Crippen LogP contribution in [0.1, 0.15) is 11.1 Å². The van der Waals surface area contributed by atoms with Crippen LogP contribution in [0.25, 0.3) is 12.2 Å². The molecule has 2 aromatic rings. The lowest BCUT2D eigenvalue weighted by Crippen LogP contribution is -3.00. The van der Waals surface area contributed by atoms with Crippen LogP contribution in [0.4, 0.5) is 5.69 Å². The standard InChI is InChI=1S/C17H21N2O.HI/c1-18-11-9-16(10-12-18)4-3-15-5-7-17(8-6-15)19(2)13-14-20;/h3-12,20H,13-14H2,1-2H3;1H/q+1;/p-1. The number of aryl methyl sites for hydroxylation is 1. The maximum Gasteiger partial charge on any atom is 0.169 e. The number of rotatable bonds is 5. The van der Waals surface area contributed by atoms with Gasteiger partial charge in [0.15, 0.2) is 12.4 Å². The van der Waals surface area contributed by atoms with Crippen LogP contribution < -0.4 is 33.4 Å². The molecule has 0 atom stereocenters. The normalized spacial score (nSPS) is 10.4. The molecule has 0 aliphatic carbocycles. The SMILES string of the molecule is CN(CCO)c1ccc(/C=C/c2cc[n+](C)cc2)cc1.[I-]. The molecule has 0 amide bonds. The average Bonchev–Trinajstić information content (AvgIpc) is 2.47. The molecule has 1 aromatic carbocycles. The summed E-state index contributed by atoms with van der Waals surface area (Å²) in [6.07, 6.45) is 8.27. The Bertz CT molecular complexity index is 564. The van der Waals surface area contributed by atoms with E-state index in [1.807, 2.05) is 36.0 Å². The molecule has 1 heterocycles. The maximum absolute atomic E-state index is 8.93. The van der Waals surface area contributed by atoms with Gasteiger partial charge in [-0.05, 0) is 23.3 Å². The first kappa shape index (κ1) is 17.7. The number of likely N-dealkylation sites (N-methyl/N-ethyl adjacent to an activating group) is 1. The summed E-state index contributed by atoms with van der Waals surface area (Å²) >= 11 is 0. The maximum atomic E-state index is 8.93. The van der Waals surface area contributed by atoms with Gasteiger partial charge in [-0.2, -0.15) is 0 Å². The van der Waals surface area contributed by atoms with E-state index in [9.17, 15) is 0 Å². The molecule has 0 aliphatic rings. The predicted octanol–water partition coefficient (Wildman–Crippen LogP) is -0.886. The first-order valence-electron chi connectivity index (χ1n) is 6.74. The van der Waals surface area contributed by atoms with Crippen molar-refractivity contribution in [3.63, 3.8) is 0 Å². The van der Waals surface area contributed by atoms with Gasteiger partial charge < -0.3 is 34.0 Å². The summed E-state index contributed by atoms with van der Waals surface area (Å²) in [7, 11) is 3.99. The number of benzene rings is 1. The van der Waals surface area contributed by atoms with Crippen molar-refractivity contribution in [2.24, 2.45) is 7.05 Å². The molecular weight excluding hydrogens is 375 g/mol. The summed E-state index contributed by atoms with van der Waals surface area (Å²) in [6.45, 7) is 0.819. The third kappa shape index (κ3) is 5.47. The molecular formula is C17H21IN2O. The molecule has 0 saturated heterocycles. The van der Waals surface area contributed by atoms with Gasteiger partial charge in [0.05, 0.1) is 6.61 Å². The van der Waals surface area contributed by atoms with Crippen molar-refractivity contribution in [1.82, 2.24) is 0 Å². The second-order valence-electron chi connectivity index (χ2n) is 4.87. The summed E-state index contributed by atoms with van der Waals surface area (Å²) in [6, 6.07) is 12.5. The minimum absolute atomic E-state index is 0. The van der Waals surface area contributed by atoms with Gasteiger partial charge in [-0.3, -0.25) is 0 Å². The number of aliphatic hydroxyl groups is 1. The lowest BCUT2D eigenvalue weighted by atomic mass is 10.1. The fourth-order valence-electron chi connectivity index (χ4n) is 1.94. The van der Waals surface area contributed by atoms with Crippen LogP contribution in [-0.2, 0) is 7.05 Å². The molecule has 0 aliphatic heterocycles. The van der Waals surface area contributed by atoms with E-state index in [0.717, 1.165) is 5.69 Å². The number of halogens is 1. The minimum atomic E-state index is 0. The predicted molar refractivity (Wildman–Crippen MR) is 83.3 cm³/mol. The summed E-state index contributed by atoms with van der Waals surface area (Å²) in [5.74, 6) is 0. The Balaban J connectivity index is 0.00000220. The zero-order valence-corrected chi connectivity index (χ0v) is 14.6. The number of nitrogens with zero attached hydrogens (tertiary/aromatic N) is 2. The Hall–Kier alpha value is -1.40. The molecule has 2 rings (SSSR count). The molecule has 21 heavy (non-hydrogen) atoms. The lowest BCUT2D eigenvalue weighted by molar-refractivity contribution is -0.671. The molecule has 0 radical (unpaired) electrons. The highest BCUT2D eigenvalue weighted by Crippen LogP contribution is 2.15. The molecule has 0 unspecified atom stereocenters. The third-order valence-electron chi connectivity index (χ3n) is 3.24. The first-order valence-corrected chi connectivity index (χ1v) is 6.74.